The molecule has 1 saturated heterocycles. The Morgan fingerprint density at radius 3 is 2.10 bits per heavy atom. The maximum absolute atomic E-state index is 11.5. The normalized spacial score (nSPS) is 17.4. The number of anilines is 1. The molecule has 0 saturated carbocycles. The molecule has 2 atom stereocenters. The minimum absolute atomic E-state index is 0.0482. The average Bonchev–Trinajstić information content (AvgIpc) is 2.79. The topological polar surface area (TPSA) is 110 Å². The van der Waals surface area contributed by atoms with Gasteiger partial charge in [-0.25, -0.2) is 9.97 Å². The smallest absolute Gasteiger partial charge is 0.225 e. The fourth-order valence-corrected chi connectivity index (χ4v) is 3.88. The number of carbonyl (C=O) groups is 1. The lowest BCUT2D eigenvalue weighted by Gasteiger charge is -2.41. The van der Waals surface area contributed by atoms with E-state index in [0.29, 0.717) is 32.1 Å². The van der Waals surface area contributed by atoms with E-state index in [2.05, 4.69) is 47.8 Å². The minimum atomic E-state index is -0.882. The van der Waals surface area contributed by atoms with Crippen LogP contribution in [0.25, 0.3) is 0 Å². The minimum Gasteiger partial charge on any atom is -0.394 e. The summed E-state index contributed by atoms with van der Waals surface area (Å²) in [6.07, 6.45) is 1.98. The van der Waals surface area contributed by atoms with Crippen LogP contribution < -0.4 is 4.90 Å². The molecular formula is C23H32N4O4. The molecule has 2 aromatic rings. The number of carbonyl (C=O) groups excluding carboxylic acids is 1. The number of hydrogen-bond acceptors (Lipinski definition) is 8. The Labute approximate surface area is 183 Å². The van der Waals surface area contributed by atoms with Crippen molar-refractivity contribution in [3.63, 3.8) is 0 Å². The maximum atomic E-state index is 11.5. The van der Waals surface area contributed by atoms with Gasteiger partial charge in [0.05, 0.1) is 24.3 Å². The van der Waals surface area contributed by atoms with Crippen LogP contribution in [0.2, 0.25) is 0 Å². The van der Waals surface area contributed by atoms with Crippen molar-refractivity contribution in [1.29, 1.82) is 0 Å². The number of nitrogens with zero attached hydrogens (tertiary/aromatic N) is 4. The Bertz CT molecular complexity index is 857. The molecule has 1 aliphatic heterocycles. The number of rotatable bonds is 7. The molecule has 0 aliphatic carbocycles. The monoisotopic (exact) mass is 428 g/mol. The lowest BCUT2D eigenvalue weighted by atomic mass is 9.85. The van der Waals surface area contributed by atoms with Gasteiger partial charge in [-0.2, -0.15) is 0 Å². The third kappa shape index (κ3) is 5.46. The van der Waals surface area contributed by atoms with Crippen LogP contribution in [0.1, 0.15) is 48.3 Å². The first kappa shape index (κ1) is 23.3. The van der Waals surface area contributed by atoms with E-state index in [1.165, 1.54) is 18.0 Å². The van der Waals surface area contributed by atoms with Gasteiger partial charge in [0.15, 0.2) is 5.78 Å². The van der Waals surface area contributed by atoms with Crippen LogP contribution in [-0.2, 0) is 5.41 Å². The van der Waals surface area contributed by atoms with E-state index < -0.39 is 18.5 Å². The summed E-state index contributed by atoms with van der Waals surface area (Å²) in [7, 11) is 0. The van der Waals surface area contributed by atoms with E-state index >= 15 is 0 Å². The number of hydrogen-bond donors (Lipinski definition) is 3. The third-order valence-corrected chi connectivity index (χ3v) is 5.76. The second-order valence-electron chi connectivity index (χ2n) is 8.94. The van der Waals surface area contributed by atoms with Gasteiger partial charge in [-0.1, -0.05) is 45.0 Å². The molecule has 1 fully saturated rings. The largest absolute Gasteiger partial charge is 0.394 e. The van der Waals surface area contributed by atoms with Gasteiger partial charge in [-0.3, -0.25) is 9.69 Å². The van der Waals surface area contributed by atoms with E-state index in [1.54, 1.807) is 0 Å². The number of benzene rings is 1. The number of Topliss-reactive ketones (excluding diaryl/α,β-unsaturated/α-hetero) is 1. The Morgan fingerprint density at radius 1 is 1.03 bits per heavy atom. The summed E-state index contributed by atoms with van der Waals surface area (Å²) in [5.41, 5.74) is 2.53. The second kappa shape index (κ2) is 9.82. The summed E-state index contributed by atoms with van der Waals surface area (Å²) in [6, 6.07) is 7.96. The predicted octanol–water partition coefficient (Wildman–Crippen LogP) is 1.17. The molecule has 1 aromatic carbocycles. The van der Waals surface area contributed by atoms with E-state index in [4.69, 9.17) is 5.11 Å². The first-order chi connectivity index (χ1) is 14.7. The van der Waals surface area contributed by atoms with Crippen LogP contribution in [0.4, 0.5) is 5.95 Å². The molecule has 2 heterocycles. The highest BCUT2D eigenvalue weighted by Crippen LogP contribution is 2.29. The summed E-state index contributed by atoms with van der Waals surface area (Å²) in [6.45, 7) is 8.26. The van der Waals surface area contributed by atoms with Crippen molar-refractivity contribution < 1.29 is 20.1 Å². The van der Waals surface area contributed by atoms with Gasteiger partial charge in [-0.05, 0) is 16.5 Å². The zero-order chi connectivity index (χ0) is 22.6. The van der Waals surface area contributed by atoms with Crippen LogP contribution in [0, 0.1) is 0 Å². The fourth-order valence-electron chi connectivity index (χ4n) is 3.88. The van der Waals surface area contributed by atoms with Gasteiger partial charge >= 0.3 is 0 Å². The van der Waals surface area contributed by atoms with Crippen LogP contribution >= 0.6 is 0 Å². The van der Waals surface area contributed by atoms with Crippen molar-refractivity contribution in [2.75, 3.05) is 44.3 Å². The van der Waals surface area contributed by atoms with Gasteiger partial charge < -0.3 is 20.2 Å². The average molecular weight is 429 g/mol. The maximum Gasteiger partial charge on any atom is 0.225 e. The Morgan fingerprint density at radius 2 is 1.61 bits per heavy atom. The lowest BCUT2D eigenvalue weighted by molar-refractivity contribution is 0.00726. The zero-order valence-electron chi connectivity index (χ0n) is 18.4. The summed E-state index contributed by atoms with van der Waals surface area (Å²) < 4.78 is 0. The molecule has 8 nitrogen and oxygen atoms in total. The van der Waals surface area contributed by atoms with E-state index in [-0.39, 0.29) is 23.6 Å². The highest BCUT2D eigenvalue weighted by molar-refractivity contribution is 5.96. The van der Waals surface area contributed by atoms with Crippen molar-refractivity contribution in [2.45, 2.75) is 38.3 Å². The number of ketones is 1. The van der Waals surface area contributed by atoms with Gasteiger partial charge in [0, 0.05) is 38.6 Å². The van der Waals surface area contributed by atoms with Crippen molar-refractivity contribution >= 4 is 11.7 Å². The van der Waals surface area contributed by atoms with Gasteiger partial charge in [-0.15, -0.1) is 0 Å². The van der Waals surface area contributed by atoms with Crippen molar-refractivity contribution in [3.8, 4) is 0 Å². The van der Waals surface area contributed by atoms with E-state index in [1.807, 2.05) is 17.0 Å². The predicted molar refractivity (Wildman–Crippen MR) is 118 cm³/mol. The van der Waals surface area contributed by atoms with E-state index in [9.17, 15) is 15.0 Å². The molecular weight excluding hydrogens is 396 g/mol. The summed E-state index contributed by atoms with van der Waals surface area (Å²) in [4.78, 5) is 24.2. The third-order valence-electron chi connectivity index (χ3n) is 5.76. The molecule has 1 aliphatic rings. The molecule has 0 spiro atoms. The lowest BCUT2D eigenvalue weighted by Crippen LogP contribution is -2.51. The Kier molecular flexibility index (Phi) is 7.38. The van der Waals surface area contributed by atoms with Crippen LogP contribution in [0.5, 0.6) is 0 Å². The molecule has 8 heteroatoms. The molecule has 31 heavy (non-hydrogen) atoms. The van der Waals surface area contributed by atoms with E-state index in [0.717, 1.165) is 5.56 Å². The molecule has 0 radical (unpaired) electrons. The molecule has 3 N–H and O–H groups in total. The second-order valence-corrected chi connectivity index (χ2v) is 8.94. The summed E-state index contributed by atoms with van der Waals surface area (Å²) in [5, 5.41) is 29.2. The fraction of sp³-hybridized carbons (Fsp3) is 0.522. The van der Waals surface area contributed by atoms with Gasteiger partial charge in [0.1, 0.15) is 6.61 Å². The van der Waals surface area contributed by atoms with Gasteiger partial charge in [0.25, 0.3) is 0 Å². The number of aliphatic hydroxyl groups excluding tert-OH is 3. The van der Waals surface area contributed by atoms with Crippen molar-refractivity contribution in [3.05, 3.63) is 53.3 Å². The summed E-state index contributed by atoms with van der Waals surface area (Å²) >= 11 is 0. The Hall–Kier alpha value is -2.39. The number of piperazine rings is 1. The standard InChI is InChI=1S/C23H32N4O4/c1-23(2,3)18-6-4-16(5-7-18)21(20(31)15-29)26-8-10-27(11-9-26)22-24-12-17(13-25-22)19(30)14-28/h4-7,12-13,20-21,28-29,31H,8-11,14-15H2,1-3H3/t20-,21-/m1/s1. The number of aliphatic hydroxyl groups is 3. The molecule has 0 unspecified atom stereocenters. The van der Waals surface area contributed by atoms with Crippen LogP contribution in [0.15, 0.2) is 36.7 Å². The number of aromatic nitrogens is 2. The van der Waals surface area contributed by atoms with Crippen LogP contribution in [0.3, 0.4) is 0 Å². The molecule has 3 rings (SSSR count). The SMILES string of the molecule is CC(C)(C)c1ccc([C@H]([C@H](O)CO)N2CCN(c3ncc(C(=O)CO)cn3)CC2)cc1. The zero-order valence-corrected chi connectivity index (χ0v) is 18.4. The summed E-state index contributed by atoms with van der Waals surface area (Å²) in [5.74, 6) is 0.123. The van der Waals surface area contributed by atoms with Crippen molar-refractivity contribution in [2.24, 2.45) is 0 Å². The molecule has 0 bridgehead atoms. The first-order valence-electron chi connectivity index (χ1n) is 10.6. The Balaban J connectivity index is 1.70. The molecule has 0 amide bonds. The highest BCUT2D eigenvalue weighted by Gasteiger charge is 2.31. The molecule has 1 aromatic heterocycles. The quantitative estimate of drug-likeness (QED) is 0.564. The van der Waals surface area contributed by atoms with Crippen LogP contribution in [-0.4, -0.2) is 81.5 Å². The highest BCUT2D eigenvalue weighted by atomic mass is 16.3. The van der Waals surface area contributed by atoms with Crippen molar-refractivity contribution in [1.82, 2.24) is 14.9 Å². The first-order valence-corrected chi connectivity index (χ1v) is 10.6. The molecule has 168 valence electrons. The van der Waals surface area contributed by atoms with Gasteiger partial charge in [0.2, 0.25) is 5.95 Å².